The molecule has 0 spiro atoms. The third kappa shape index (κ3) is 3.83. The molecule has 2 rings (SSSR count). The Morgan fingerprint density at radius 2 is 1.92 bits per heavy atom. The molecule has 0 fully saturated rings. The largest absolute Gasteiger partial charge is 0.503 e. The van der Waals surface area contributed by atoms with Gasteiger partial charge in [0.15, 0.2) is 11.5 Å². The van der Waals surface area contributed by atoms with Gasteiger partial charge in [-0.3, -0.25) is 9.59 Å². The van der Waals surface area contributed by atoms with Gasteiger partial charge < -0.3 is 20.4 Å². The van der Waals surface area contributed by atoms with Crippen LogP contribution in [0, 0.1) is 6.92 Å². The molecule has 24 heavy (non-hydrogen) atoms. The van der Waals surface area contributed by atoms with Crippen molar-refractivity contribution in [2.75, 3.05) is 26.2 Å². The fraction of sp³-hybridized carbons (Fsp3) is 0.444. The predicted molar refractivity (Wildman–Crippen MR) is 89.3 cm³/mol. The normalized spacial score (nSPS) is 17.7. The van der Waals surface area contributed by atoms with E-state index in [1.54, 1.807) is 4.90 Å². The second-order valence-corrected chi connectivity index (χ2v) is 6.07. The van der Waals surface area contributed by atoms with Crippen LogP contribution in [0.4, 0.5) is 0 Å². The van der Waals surface area contributed by atoms with Crippen molar-refractivity contribution < 1.29 is 25.1 Å². The van der Waals surface area contributed by atoms with E-state index < -0.39 is 17.7 Å². The first-order chi connectivity index (χ1) is 11.5. The lowest BCUT2D eigenvalue weighted by Crippen LogP contribution is -2.85. The number of aliphatic hydroxyl groups excluding tert-OH is 2. The molecule has 130 valence electrons. The standard InChI is InChI=1S/C18H24N2O4/c1-12-4-6-14(7-5-12)16-15(13(2)22)17(23)18(24)20(16)10-3-8-19-9-11-21/h4-7,16,19,21,23H,3,8-11H2,1-2H3/p+1/t16-/m1/s1. The molecule has 1 atom stereocenters. The van der Waals surface area contributed by atoms with E-state index in [1.165, 1.54) is 6.92 Å². The van der Waals surface area contributed by atoms with Crippen molar-refractivity contribution in [3.05, 3.63) is 46.7 Å². The number of amides is 1. The second kappa shape index (κ2) is 8.08. The highest BCUT2D eigenvalue weighted by molar-refractivity contribution is 6.08. The van der Waals surface area contributed by atoms with Crippen LogP contribution in [0.1, 0.15) is 30.5 Å². The Bertz CT molecular complexity index is 637. The van der Waals surface area contributed by atoms with Gasteiger partial charge in [0.1, 0.15) is 0 Å². The summed E-state index contributed by atoms with van der Waals surface area (Å²) in [6.45, 7) is 5.29. The summed E-state index contributed by atoms with van der Waals surface area (Å²) in [5.74, 6) is -1.22. The fourth-order valence-corrected chi connectivity index (χ4v) is 2.98. The van der Waals surface area contributed by atoms with Crippen molar-refractivity contribution in [2.45, 2.75) is 26.3 Å². The zero-order valence-corrected chi connectivity index (χ0v) is 14.2. The monoisotopic (exact) mass is 333 g/mol. The van der Waals surface area contributed by atoms with Crippen LogP contribution in [0.25, 0.3) is 0 Å². The molecule has 1 aliphatic rings. The van der Waals surface area contributed by atoms with Crippen LogP contribution in [0.15, 0.2) is 35.6 Å². The minimum absolute atomic E-state index is 0.117. The molecule has 1 amide bonds. The van der Waals surface area contributed by atoms with E-state index in [4.69, 9.17) is 5.11 Å². The van der Waals surface area contributed by atoms with Gasteiger partial charge in [0.05, 0.1) is 31.3 Å². The van der Waals surface area contributed by atoms with E-state index in [9.17, 15) is 14.7 Å². The highest BCUT2D eigenvalue weighted by atomic mass is 16.3. The molecule has 1 aliphatic heterocycles. The topological polar surface area (TPSA) is 94.5 Å². The molecule has 6 heteroatoms. The van der Waals surface area contributed by atoms with Crippen molar-refractivity contribution in [3.8, 4) is 0 Å². The number of ketones is 1. The lowest BCUT2D eigenvalue weighted by molar-refractivity contribution is -0.656. The van der Waals surface area contributed by atoms with E-state index in [-0.39, 0.29) is 18.0 Å². The number of hydrogen-bond acceptors (Lipinski definition) is 4. The SMILES string of the molecule is CC(=O)C1=C(O)C(=O)N(CCC[NH2+]CCO)[C@@H]1c1ccc(C)cc1. The van der Waals surface area contributed by atoms with Crippen LogP contribution < -0.4 is 5.32 Å². The summed E-state index contributed by atoms with van der Waals surface area (Å²) in [5, 5.41) is 20.9. The Hall–Kier alpha value is -2.18. The molecule has 0 saturated heterocycles. The number of aliphatic hydroxyl groups is 2. The molecule has 6 nitrogen and oxygen atoms in total. The number of nitrogens with zero attached hydrogens (tertiary/aromatic N) is 1. The van der Waals surface area contributed by atoms with Gasteiger partial charge in [-0.25, -0.2) is 0 Å². The smallest absolute Gasteiger partial charge is 0.290 e. The van der Waals surface area contributed by atoms with Crippen LogP contribution in [0.5, 0.6) is 0 Å². The number of quaternary nitrogens is 1. The molecule has 1 aromatic rings. The zero-order valence-electron chi connectivity index (χ0n) is 14.2. The van der Waals surface area contributed by atoms with Gasteiger partial charge in [-0.15, -0.1) is 0 Å². The van der Waals surface area contributed by atoms with Gasteiger partial charge in [-0.05, 0) is 19.4 Å². The van der Waals surface area contributed by atoms with Crippen molar-refractivity contribution in [2.24, 2.45) is 0 Å². The fourth-order valence-electron chi connectivity index (χ4n) is 2.98. The summed E-state index contributed by atoms with van der Waals surface area (Å²) in [7, 11) is 0. The number of hydrogen-bond donors (Lipinski definition) is 3. The maximum absolute atomic E-state index is 12.4. The number of aryl methyl sites for hydroxylation is 1. The van der Waals surface area contributed by atoms with Gasteiger partial charge in [-0.2, -0.15) is 0 Å². The van der Waals surface area contributed by atoms with Crippen LogP contribution in [-0.4, -0.2) is 53.0 Å². The van der Waals surface area contributed by atoms with Gasteiger partial charge in [0, 0.05) is 13.0 Å². The van der Waals surface area contributed by atoms with Crippen LogP contribution in [-0.2, 0) is 9.59 Å². The first kappa shape index (κ1) is 18.2. The van der Waals surface area contributed by atoms with Crippen molar-refractivity contribution in [3.63, 3.8) is 0 Å². The van der Waals surface area contributed by atoms with E-state index in [2.05, 4.69) is 0 Å². The summed E-state index contributed by atoms with van der Waals surface area (Å²) < 4.78 is 0. The van der Waals surface area contributed by atoms with Crippen LogP contribution in [0.3, 0.4) is 0 Å². The average molecular weight is 333 g/mol. The molecule has 4 N–H and O–H groups in total. The number of benzene rings is 1. The number of carbonyl (C=O) groups is 2. The highest BCUT2D eigenvalue weighted by Gasteiger charge is 2.41. The predicted octanol–water partition coefficient (Wildman–Crippen LogP) is 0.225. The van der Waals surface area contributed by atoms with E-state index in [0.29, 0.717) is 19.5 Å². The maximum atomic E-state index is 12.4. The van der Waals surface area contributed by atoms with Crippen LogP contribution in [0.2, 0.25) is 0 Å². The third-order valence-electron chi connectivity index (χ3n) is 4.22. The van der Waals surface area contributed by atoms with Gasteiger partial charge in [-0.1, -0.05) is 29.8 Å². The quantitative estimate of drug-likeness (QED) is 0.594. The molecule has 0 saturated carbocycles. The lowest BCUT2D eigenvalue weighted by Gasteiger charge is -2.26. The average Bonchev–Trinajstić information content (AvgIpc) is 2.80. The van der Waals surface area contributed by atoms with E-state index in [1.807, 2.05) is 36.5 Å². The molecule has 0 radical (unpaired) electrons. The molecule has 1 aromatic carbocycles. The van der Waals surface area contributed by atoms with E-state index in [0.717, 1.165) is 17.7 Å². The zero-order chi connectivity index (χ0) is 17.7. The number of Topliss-reactive ketones (excluding diaryl/α,β-unsaturated/α-hetero) is 1. The summed E-state index contributed by atoms with van der Waals surface area (Å²) in [6.07, 6.45) is 0.715. The molecule has 0 aromatic heterocycles. The Morgan fingerprint density at radius 3 is 2.50 bits per heavy atom. The summed E-state index contributed by atoms with van der Waals surface area (Å²) in [6, 6.07) is 7.10. The molecule has 0 aliphatic carbocycles. The molecular weight excluding hydrogens is 308 g/mol. The van der Waals surface area contributed by atoms with Gasteiger partial charge >= 0.3 is 0 Å². The minimum atomic E-state index is -0.534. The Morgan fingerprint density at radius 1 is 1.25 bits per heavy atom. The molecule has 0 bridgehead atoms. The van der Waals surface area contributed by atoms with Crippen molar-refractivity contribution in [1.82, 2.24) is 4.90 Å². The van der Waals surface area contributed by atoms with Gasteiger partial charge in [0.2, 0.25) is 0 Å². The molecule has 1 heterocycles. The number of carbonyl (C=O) groups excluding carboxylic acids is 2. The Balaban J connectivity index is 2.23. The summed E-state index contributed by atoms with van der Waals surface area (Å²) in [5.41, 5.74) is 2.08. The minimum Gasteiger partial charge on any atom is -0.503 e. The van der Waals surface area contributed by atoms with Crippen LogP contribution >= 0.6 is 0 Å². The maximum Gasteiger partial charge on any atom is 0.290 e. The summed E-state index contributed by atoms with van der Waals surface area (Å²) in [4.78, 5) is 25.9. The first-order valence-corrected chi connectivity index (χ1v) is 8.21. The highest BCUT2D eigenvalue weighted by Crippen LogP contribution is 2.37. The Labute approximate surface area is 141 Å². The second-order valence-electron chi connectivity index (χ2n) is 6.07. The summed E-state index contributed by atoms with van der Waals surface area (Å²) >= 11 is 0. The first-order valence-electron chi connectivity index (χ1n) is 8.21. The third-order valence-corrected chi connectivity index (χ3v) is 4.22. The van der Waals surface area contributed by atoms with Crippen molar-refractivity contribution >= 4 is 11.7 Å². The van der Waals surface area contributed by atoms with Gasteiger partial charge in [0.25, 0.3) is 5.91 Å². The molecule has 0 unspecified atom stereocenters. The number of nitrogens with two attached hydrogens (primary N) is 1. The Kier molecular flexibility index (Phi) is 6.11. The van der Waals surface area contributed by atoms with E-state index >= 15 is 0 Å². The number of rotatable bonds is 8. The lowest BCUT2D eigenvalue weighted by atomic mass is 9.96. The molecular formula is C18H25N2O4+. The van der Waals surface area contributed by atoms with Crippen molar-refractivity contribution in [1.29, 1.82) is 0 Å².